The van der Waals surface area contributed by atoms with E-state index < -0.39 is 0 Å². The molecule has 1 heterocycles. The van der Waals surface area contributed by atoms with E-state index in [0.29, 0.717) is 6.42 Å². The second kappa shape index (κ2) is 8.27. The largest absolute Gasteiger partial charge is 0.393 e. The summed E-state index contributed by atoms with van der Waals surface area (Å²) in [6, 6.07) is 8.46. The number of nitrogens with two attached hydrogens (primary N) is 1. The third-order valence-corrected chi connectivity index (χ3v) is 4.22. The zero-order valence-electron chi connectivity index (χ0n) is 13.3. The van der Waals surface area contributed by atoms with Crippen LogP contribution in [0.25, 0.3) is 0 Å². The number of nitrogens with one attached hydrogen (secondary N) is 1. The topological polar surface area (TPSA) is 78.6 Å². The van der Waals surface area contributed by atoms with Crippen molar-refractivity contribution in [1.29, 1.82) is 0 Å². The number of aliphatic hydroxyl groups is 1. The normalized spacial score (nSPS) is 18.3. The van der Waals surface area contributed by atoms with Gasteiger partial charge in [0, 0.05) is 38.6 Å². The molecule has 122 valence electrons. The molecule has 22 heavy (non-hydrogen) atoms. The van der Waals surface area contributed by atoms with E-state index in [1.807, 2.05) is 13.0 Å². The Hall–Kier alpha value is -1.43. The molecule has 1 atom stereocenters. The van der Waals surface area contributed by atoms with Gasteiger partial charge in [-0.15, -0.1) is 0 Å². The Balaban J connectivity index is 1.90. The molecule has 0 aliphatic carbocycles. The van der Waals surface area contributed by atoms with Crippen LogP contribution in [0.2, 0.25) is 0 Å². The molecular formula is C17H27N3O2. The fourth-order valence-electron chi connectivity index (χ4n) is 2.86. The number of benzene rings is 1. The Morgan fingerprint density at radius 1 is 1.36 bits per heavy atom. The number of primary amides is 1. The summed E-state index contributed by atoms with van der Waals surface area (Å²) in [5.41, 5.74) is 7.78. The minimum Gasteiger partial charge on any atom is -0.393 e. The van der Waals surface area contributed by atoms with Gasteiger partial charge in [0.05, 0.1) is 6.10 Å². The molecule has 1 aromatic carbocycles. The lowest BCUT2D eigenvalue weighted by Gasteiger charge is -2.30. The van der Waals surface area contributed by atoms with Crippen molar-refractivity contribution in [3.8, 4) is 0 Å². The molecule has 0 spiro atoms. The predicted molar refractivity (Wildman–Crippen MR) is 87.1 cm³/mol. The van der Waals surface area contributed by atoms with E-state index in [1.165, 1.54) is 11.1 Å². The molecule has 1 amide bonds. The highest BCUT2D eigenvalue weighted by atomic mass is 16.3. The van der Waals surface area contributed by atoms with Crippen LogP contribution in [0.5, 0.6) is 0 Å². The molecule has 0 aromatic heterocycles. The number of amides is 1. The van der Waals surface area contributed by atoms with Crippen molar-refractivity contribution in [1.82, 2.24) is 10.2 Å². The molecule has 1 aromatic rings. The molecule has 4 N–H and O–H groups in total. The van der Waals surface area contributed by atoms with Crippen LogP contribution in [-0.2, 0) is 17.9 Å². The summed E-state index contributed by atoms with van der Waals surface area (Å²) >= 11 is 0. The summed E-state index contributed by atoms with van der Waals surface area (Å²) in [4.78, 5) is 13.3. The van der Waals surface area contributed by atoms with Gasteiger partial charge < -0.3 is 16.2 Å². The molecule has 0 bridgehead atoms. The van der Waals surface area contributed by atoms with E-state index in [4.69, 9.17) is 5.73 Å². The number of carbonyl (C=O) groups excluding carboxylic acids is 1. The van der Waals surface area contributed by atoms with Crippen molar-refractivity contribution in [3.05, 3.63) is 35.4 Å². The molecule has 1 aliphatic rings. The quantitative estimate of drug-likeness (QED) is 0.702. The number of likely N-dealkylation sites (tertiary alicyclic amines) is 1. The number of carbonyl (C=O) groups is 1. The minimum absolute atomic E-state index is 0.0793. The number of hydrogen-bond donors (Lipinski definition) is 3. The van der Waals surface area contributed by atoms with Gasteiger partial charge in [-0.3, -0.25) is 9.69 Å². The van der Waals surface area contributed by atoms with Gasteiger partial charge in [0.25, 0.3) is 0 Å². The number of hydrogen-bond acceptors (Lipinski definition) is 4. The predicted octanol–water partition coefficient (Wildman–Crippen LogP) is 0.997. The van der Waals surface area contributed by atoms with Crippen LogP contribution >= 0.6 is 0 Å². The van der Waals surface area contributed by atoms with Crippen LogP contribution in [0.4, 0.5) is 0 Å². The maximum absolute atomic E-state index is 10.9. The summed E-state index contributed by atoms with van der Waals surface area (Å²) in [5, 5.41) is 12.9. The minimum atomic E-state index is -0.278. The van der Waals surface area contributed by atoms with Gasteiger partial charge in [-0.25, -0.2) is 0 Å². The van der Waals surface area contributed by atoms with Crippen LogP contribution < -0.4 is 11.1 Å². The van der Waals surface area contributed by atoms with Crippen LogP contribution in [0.1, 0.15) is 37.3 Å². The molecule has 1 fully saturated rings. The van der Waals surface area contributed by atoms with Gasteiger partial charge >= 0.3 is 0 Å². The Bertz CT molecular complexity index is 485. The number of nitrogens with zero attached hydrogens (tertiary/aromatic N) is 1. The number of aliphatic hydroxyl groups excluding tert-OH is 1. The third-order valence-electron chi connectivity index (χ3n) is 4.22. The molecule has 5 nitrogen and oxygen atoms in total. The summed E-state index contributed by atoms with van der Waals surface area (Å²) in [5.74, 6) is -0.278. The highest BCUT2D eigenvalue weighted by molar-refractivity contribution is 5.74. The van der Waals surface area contributed by atoms with Crippen molar-refractivity contribution in [2.75, 3.05) is 13.1 Å². The van der Waals surface area contributed by atoms with Crippen molar-refractivity contribution < 1.29 is 9.90 Å². The standard InChI is InChI=1S/C17H27N3O2/c1-13(10-17(18)22)19-11-14-4-2-3-5-15(14)12-20-8-6-16(21)7-9-20/h2-5,13,16,19,21H,6-12H2,1H3,(H2,18,22). The molecular weight excluding hydrogens is 278 g/mol. The first kappa shape index (κ1) is 16.9. The SMILES string of the molecule is CC(CC(N)=O)NCc1ccccc1CN1CCC(O)CC1. The Labute approximate surface area is 132 Å². The van der Waals surface area contributed by atoms with E-state index in [-0.39, 0.29) is 18.1 Å². The molecule has 2 rings (SSSR count). The first-order chi connectivity index (χ1) is 10.5. The van der Waals surface area contributed by atoms with Crippen LogP contribution in [0.3, 0.4) is 0 Å². The van der Waals surface area contributed by atoms with Gasteiger partial charge in [0.2, 0.25) is 5.91 Å². The monoisotopic (exact) mass is 305 g/mol. The van der Waals surface area contributed by atoms with E-state index in [2.05, 4.69) is 28.4 Å². The lowest BCUT2D eigenvalue weighted by atomic mass is 10.0. The van der Waals surface area contributed by atoms with Crippen molar-refractivity contribution in [2.24, 2.45) is 5.73 Å². The van der Waals surface area contributed by atoms with E-state index in [1.54, 1.807) is 0 Å². The first-order valence-electron chi connectivity index (χ1n) is 8.03. The second-order valence-electron chi connectivity index (χ2n) is 6.23. The van der Waals surface area contributed by atoms with E-state index in [0.717, 1.165) is 39.0 Å². The van der Waals surface area contributed by atoms with Crippen molar-refractivity contribution >= 4 is 5.91 Å². The van der Waals surface area contributed by atoms with Crippen molar-refractivity contribution in [3.63, 3.8) is 0 Å². The molecule has 1 saturated heterocycles. The first-order valence-corrected chi connectivity index (χ1v) is 8.03. The molecule has 5 heteroatoms. The second-order valence-corrected chi connectivity index (χ2v) is 6.23. The van der Waals surface area contributed by atoms with Crippen LogP contribution in [0, 0.1) is 0 Å². The lowest BCUT2D eigenvalue weighted by molar-refractivity contribution is -0.118. The fourth-order valence-corrected chi connectivity index (χ4v) is 2.86. The van der Waals surface area contributed by atoms with Gasteiger partial charge in [-0.1, -0.05) is 24.3 Å². The van der Waals surface area contributed by atoms with Gasteiger partial charge in [-0.2, -0.15) is 0 Å². The zero-order chi connectivity index (χ0) is 15.9. The summed E-state index contributed by atoms with van der Waals surface area (Å²) in [6.45, 7) is 5.51. The fraction of sp³-hybridized carbons (Fsp3) is 0.588. The molecule has 1 aliphatic heterocycles. The Kier molecular flexibility index (Phi) is 6.36. The van der Waals surface area contributed by atoms with Crippen molar-refractivity contribution in [2.45, 2.75) is 51.4 Å². The number of piperidine rings is 1. The average Bonchev–Trinajstić information content (AvgIpc) is 2.48. The third kappa shape index (κ3) is 5.40. The summed E-state index contributed by atoms with van der Waals surface area (Å²) in [7, 11) is 0. The maximum atomic E-state index is 10.9. The van der Waals surface area contributed by atoms with Gasteiger partial charge in [0.1, 0.15) is 0 Å². The zero-order valence-corrected chi connectivity index (χ0v) is 13.3. The Morgan fingerprint density at radius 3 is 2.64 bits per heavy atom. The van der Waals surface area contributed by atoms with Crippen LogP contribution in [0.15, 0.2) is 24.3 Å². The highest BCUT2D eigenvalue weighted by Gasteiger charge is 2.17. The summed E-state index contributed by atoms with van der Waals surface area (Å²) < 4.78 is 0. The van der Waals surface area contributed by atoms with E-state index >= 15 is 0 Å². The van der Waals surface area contributed by atoms with E-state index in [9.17, 15) is 9.90 Å². The number of rotatable bonds is 7. The van der Waals surface area contributed by atoms with Gasteiger partial charge in [0.15, 0.2) is 0 Å². The molecule has 0 saturated carbocycles. The smallest absolute Gasteiger partial charge is 0.218 e. The molecule has 1 unspecified atom stereocenters. The highest BCUT2D eigenvalue weighted by Crippen LogP contribution is 2.16. The average molecular weight is 305 g/mol. The summed E-state index contributed by atoms with van der Waals surface area (Å²) in [6.07, 6.45) is 1.93. The molecule has 0 radical (unpaired) electrons. The Morgan fingerprint density at radius 2 is 2.00 bits per heavy atom. The maximum Gasteiger partial charge on any atom is 0.218 e. The van der Waals surface area contributed by atoms with Crippen LogP contribution in [-0.4, -0.2) is 41.1 Å². The van der Waals surface area contributed by atoms with Gasteiger partial charge in [-0.05, 0) is 30.9 Å². The lowest BCUT2D eigenvalue weighted by Crippen LogP contribution is -2.36.